The average molecular weight is 389 g/mol. The van der Waals surface area contributed by atoms with Crippen molar-refractivity contribution in [2.75, 3.05) is 0 Å². The first kappa shape index (κ1) is 17.4. The van der Waals surface area contributed by atoms with Gasteiger partial charge in [0.2, 0.25) is 0 Å². The van der Waals surface area contributed by atoms with Gasteiger partial charge in [-0.2, -0.15) is 0 Å². The summed E-state index contributed by atoms with van der Waals surface area (Å²) in [5, 5.41) is 10.7. The predicted molar refractivity (Wildman–Crippen MR) is 102 cm³/mol. The quantitative estimate of drug-likeness (QED) is 0.400. The van der Waals surface area contributed by atoms with Crippen LogP contribution in [0.5, 0.6) is 11.5 Å². The zero-order valence-corrected chi connectivity index (χ0v) is 16.4. The highest BCUT2D eigenvalue weighted by Gasteiger charge is 2.45. The first-order valence-electron chi connectivity index (χ1n) is 8.61. The number of rotatable bonds is 1. The number of phenolic OH excluding ortho intramolecular Hbond substituents is 1. The maximum Gasteiger partial charge on any atom is 0.127 e. The third kappa shape index (κ3) is 3.35. The summed E-state index contributed by atoms with van der Waals surface area (Å²) in [6, 6.07) is 3.92. The summed E-state index contributed by atoms with van der Waals surface area (Å²) in [6.07, 6.45) is 4.95. The molecule has 24 heavy (non-hydrogen) atoms. The van der Waals surface area contributed by atoms with E-state index in [9.17, 15) is 5.11 Å². The van der Waals surface area contributed by atoms with Crippen molar-refractivity contribution in [1.29, 1.82) is 0 Å². The SMILES string of the molecule is CC1=CC[C@@H]2[C@@H](C1)c1c(O)cc(CC#CC(C)Br)cc1OC2(C)C. The summed E-state index contributed by atoms with van der Waals surface area (Å²) < 4.78 is 6.33. The van der Waals surface area contributed by atoms with E-state index >= 15 is 0 Å². The van der Waals surface area contributed by atoms with Crippen LogP contribution in [0.1, 0.15) is 57.6 Å². The second-order valence-electron chi connectivity index (χ2n) is 7.55. The highest BCUT2D eigenvalue weighted by atomic mass is 79.9. The summed E-state index contributed by atoms with van der Waals surface area (Å²) in [4.78, 5) is 0.177. The van der Waals surface area contributed by atoms with Crippen molar-refractivity contribution in [1.82, 2.24) is 0 Å². The standard InChI is InChI=1S/C21H25BrO2/c1-13-8-9-17-16(10-13)20-18(23)11-15(7-5-6-14(2)22)12-19(20)24-21(17,3)4/h8,11-12,14,16-17,23H,7,9-10H2,1-4H3/t14?,16-,17-/m1/s1. The van der Waals surface area contributed by atoms with Gasteiger partial charge >= 0.3 is 0 Å². The topological polar surface area (TPSA) is 29.5 Å². The molecule has 1 heterocycles. The molecule has 3 rings (SSSR count). The number of halogens is 1. The maximum atomic E-state index is 10.7. The third-order valence-electron chi connectivity index (χ3n) is 5.16. The molecule has 0 spiro atoms. The summed E-state index contributed by atoms with van der Waals surface area (Å²) in [5.74, 6) is 8.17. The minimum Gasteiger partial charge on any atom is -0.508 e. The lowest BCUT2D eigenvalue weighted by Gasteiger charge is -2.47. The average Bonchev–Trinajstić information content (AvgIpc) is 2.45. The molecule has 1 N–H and O–H groups in total. The van der Waals surface area contributed by atoms with Gasteiger partial charge in [0.25, 0.3) is 0 Å². The van der Waals surface area contributed by atoms with Crippen molar-refractivity contribution < 1.29 is 9.84 Å². The molecule has 0 saturated heterocycles. The van der Waals surface area contributed by atoms with Crippen LogP contribution in [0.4, 0.5) is 0 Å². The lowest BCUT2D eigenvalue weighted by molar-refractivity contribution is 0.00754. The van der Waals surface area contributed by atoms with E-state index in [4.69, 9.17) is 4.74 Å². The number of aromatic hydroxyl groups is 1. The van der Waals surface area contributed by atoms with E-state index in [1.807, 2.05) is 13.0 Å². The monoisotopic (exact) mass is 388 g/mol. The van der Waals surface area contributed by atoms with Crippen LogP contribution >= 0.6 is 15.9 Å². The predicted octanol–water partition coefficient (Wildman–Crippen LogP) is 5.33. The number of alkyl halides is 1. The zero-order chi connectivity index (χ0) is 17.5. The Kier molecular flexibility index (Phi) is 4.71. The minimum absolute atomic E-state index is 0.177. The lowest BCUT2D eigenvalue weighted by Crippen LogP contribution is -2.45. The van der Waals surface area contributed by atoms with E-state index in [2.05, 4.69) is 60.7 Å². The van der Waals surface area contributed by atoms with Gasteiger partial charge in [-0.05, 0) is 58.2 Å². The molecule has 1 unspecified atom stereocenters. The molecule has 3 atom stereocenters. The molecule has 1 aromatic carbocycles. The van der Waals surface area contributed by atoms with Crippen LogP contribution in [0.2, 0.25) is 0 Å². The van der Waals surface area contributed by atoms with Crippen LogP contribution < -0.4 is 4.74 Å². The van der Waals surface area contributed by atoms with Gasteiger partial charge < -0.3 is 9.84 Å². The Labute approximate surface area is 153 Å². The molecule has 0 aromatic heterocycles. The fourth-order valence-corrected chi connectivity index (χ4v) is 4.18. The van der Waals surface area contributed by atoms with E-state index in [1.165, 1.54) is 5.57 Å². The summed E-state index contributed by atoms with van der Waals surface area (Å²) in [6.45, 7) is 8.51. The molecule has 1 aliphatic carbocycles. The third-order valence-corrected chi connectivity index (χ3v) is 5.39. The minimum atomic E-state index is -0.226. The molecule has 0 saturated carbocycles. The Balaban J connectivity index is 1.99. The Bertz CT molecular complexity index is 734. The van der Waals surface area contributed by atoms with Crippen LogP contribution in [0.25, 0.3) is 0 Å². The van der Waals surface area contributed by atoms with E-state index in [0.29, 0.717) is 24.0 Å². The fourth-order valence-electron chi connectivity index (χ4n) is 4.02. The number of benzene rings is 1. The highest BCUT2D eigenvalue weighted by Crippen LogP contribution is 2.54. The first-order chi connectivity index (χ1) is 11.3. The van der Waals surface area contributed by atoms with Gasteiger partial charge in [-0.25, -0.2) is 0 Å². The second kappa shape index (κ2) is 6.48. The molecule has 0 fully saturated rings. The van der Waals surface area contributed by atoms with Gasteiger partial charge in [0.05, 0.1) is 4.83 Å². The molecular formula is C21H25BrO2. The number of ether oxygens (including phenoxy) is 1. The largest absolute Gasteiger partial charge is 0.508 e. The normalized spacial score (nSPS) is 25.3. The Morgan fingerprint density at radius 1 is 1.42 bits per heavy atom. The number of hydrogen-bond donors (Lipinski definition) is 1. The van der Waals surface area contributed by atoms with E-state index in [-0.39, 0.29) is 10.4 Å². The molecular weight excluding hydrogens is 364 g/mol. The van der Waals surface area contributed by atoms with Crippen molar-refractivity contribution in [3.05, 3.63) is 34.9 Å². The first-order valence-corrected chi connectivity index (χ1v) is 9.52. The molecule has 0 radical (unpaired) electrons. The van der Waals surface area contributed by atoms with Crippen LogP contribution in [-0.4, -0.2) is 15.5 Å². The molecule has 1 aliphatic heterocycles. The van der Waals surface area contributed by atoms with Crippen molar-refractivity contribution in [3.8, 4) is 23.3 Å². The summed E-state index contributed by atoms with van der Waals surface area (Å²) >= 11 is 3.43. The molecule has 0 bridgehead atoms. The number of allylic oxidation sites excluding steroid dienone is 2. The van der Waals surface area contributed by atoms with Crippen LogP contribution in [0.3, 0.4) is 0 Å². The fraction of sp³-hybridized carbons (Fsp3) is 0.524. The smallest absolute Gasteiger partial charge is 0.127 e. The van der Waals surface area contributed by atoms with Crippen LogP contribution in [-0.2, 0) is 6.42 Å². The molecule has 0 amide bonds. The Morgan fingerprint density at radius 3 is 2.88 bits per heavy atom. The van der Waals surface area contributed by atoms with Crippen molar-refractivity contribution in [2.24, 2.45) is 5.92 Å². The zero-order valence-electron chi connectivity index (χ0n) is 14.8. The number of hydrogen-bond acceptors (Lipinski definition) is 2. The number of phenols is 1. The van der Waals surface area contributed by atoms with Crippen LogP contribution in [0, 0.1) is 17.8 Å². The highest BCUT2D eigenvalue weighted by molar-refractivity contribution is 9.09. The van der Waals surface area contributed by atoms with Crippen molar-refractivity contribution in [2.45, 2.75) is 63.3 Å². The summed E-state index contributed by atoms with van der Waals surface area (Å²) in [7, 11) is 0. The Morgan fingerprint density at radius 2 is 2.17 bits per heavy atom. The molecule has 2 aliphatic rings. The van der Waals surface area contributed by atoms with E-state index in [1.54, 1.807) is 0 Å². The maximum absolute atomic E-state index is 10.7. The van der Waals surface area contributed by atoms with Gasteiger partial charge in [0.1, 0.15) is 17.1 Å². The van der Waals surface area contributed by atoms with Crippen LogP contribution in [0.15, 0.2) is 23.8 Å². The van der Waals surface area contributed by atoms with Gasteiger partial charge in [0, 0.05) is 23.8 Å². The van der Waals surface area contributed by atoms with Crippen molar-refractivity contribution in [3.63, 3.8) is 0 Å². The van der Waals surface area contributed by atoms with Gasteiger partial charge in [-0.1, -0.05) is 39.4 Å². The van der Waals surface area contributed by atoms with E-state index in [0.717, 1.165) is 29.7 Å². The van der Waals surface area contributed by atoms with E-state index < -0.39 is 0 Å². The lowest BCUT2D eigenvalue weighted by atomic mass is 9.67. The molecule has 3 heteroatoms. The Hall–Kier alpha value is -1.40. The number of fused-ring (bicyclic) bond motifs is 3. The van der Waals surface area contributed by atoms with Gasteiger partial charge in [-0.3, -0.25) is 0 Å². The van der Waals surface area contributed by atoms with Gasteiger partial charge in [-0.15, -0.1) is 0 Å². The summed E-state index contributed by atoms with van der Waals surface area (Å²) in [5.41, 5.74) is 3.16. The molecule has 2 nitrogen and oxygen atoms in total. The molecule has 128 valence electrons. The van der Waals surface area contributed by atoms with Crippen molar-refractivity contribution >= 4 is 15.9 Å². The van der Waals surface area contributed by atoms with Gasteiger partial charge in [0.15, 0.2) is 0 Å². The molecule has 1 aromatic rings. The second-order valence-corrected chi connectivity index (χ2v) is 8.92.